The molecule has 2 aliphatic rings. The highest BCUT2D eigenvalue weighted by Gasteiger charge is 2.38. The minimum atomic E-state index is 0.154. The molecule has 4 atom stereocenters. The Hall–Kier alpha value is -0.400. The van der Waals surface area contributed by atoms with Gasteiger partial charge in [0.05, 0.1) is 6.04 Å². The van der Waals surface area contributed by atoms with Crippen molar-refractivity contribution in [2.75, 3.05) is 0 Å². The van der Waals surface area contributed by atoms with E-state index in [0.717, 1.165) is 18.3 Å². The Kier molecular flexibility index (Phi) is 2.66. The quantitative estimate of drug-likeness (QED) is 0.570. The van der Waals surface area contributed by atoms with Gasteiger partial charge in [0.15, 0.2) is 0 Å². The first-order valence-corrected chi connectivity index (χ1v) is 5.65. The highest BCUT2D eigenvalue weighted by atomic mass is 16.3. The van der Waals surface area contributed by atoms with Gasteiger partial charge in [-0.05, 0) is 37.0 Å². The van der Waals surface area contributed by atoms with Gasteiger partial charge in [0, 0.05) is 0 Å². The van der Waals surface area contributed by atoms with E-state index in [1.807, 2.05) is 0 Å². The molecule has 0 aromatic heterocycles. The molecule has 0 N–H and O–H groups in total. The minimum absolute atomic E-state index is 0.154. The highest BCUT2D eigenvalue weighted by molar-refractivity contribution is 4.91. The van der Waals surface area contributed by atoms with Crippen molar-refractivity contribution in [3.63, 3.8) is 0 Å². The van der Waals surface area contributed by atoms with Crippen molar-refractivity contribution in [3.05, 3.63) is 4.91 Å². The van der Waals surface area contributed by atoms with Crippen LogP contribution in [0.25, 0.3) is 0 Å². The molecular formula is C11H19NO. The number of nitrogens with zero attached hydrogens (tertiary/aromatic N) is 1. The van der Waals surface area contributed by atoms with Crippen molar-refractivity contribution in [2.45, 2.75) is 51.5 Å². The van der Waals surface area contributed by atoms with E-state index in [4.69, 9.17) is 0 Å². The average molecular weight is 181 g/mol. The van der Waals surface area contributed by atoms with Crippen molar-refractivity contribution in [1.82, 2.24) is 0 Å². The van der Waals surface area contributed by atoms with Crippen LogP contribution in [0.2, 0.25) is 0 Å². The predicted octanol–water partition coefficient (Wildman–Crippen LogP) is 3.36. The lowest BCUT2D eigenvalue weighted by Gasteiger charge is -2.42. The molecule has 0 aromatic rings. The van der Waals surface area contributed by atoms with Crippen LogP contribution in [-0.2, 0) is 0 Å². The van der Waals surface area contributed by atoms with Crippen LogP contribution < -0.4 is 0 Å². The summed E-state index contributed by atoms with van der Waals surface area (Å²) < 4.78 is 0. The average Bonchev–Trinajstić information content (AvgIpc) is 2.18. The van der Waals surface area contributed by atoms with E-state index in [9.17, 15) is 4.91 Å². The maximum atomic E-state index is 10.7. The van der Waals surface area contributed by atoms with Crippen molar-refractivity contribution in [2.24, 2.45) is 22.9 Å². The maximum absolute atomic E-state index is 10.7. The third kappa shape index (κ3) is 1.63. The first-order chi connectivity index (χ1) is 6.33. The molecule has 2 heteroatoms. The van der Waals surface area contributed by atoms with Crippen LogP contribution in [0.5, 0.6) is 0 Å². The highest BCUT2D eigenvalue weighted by Crippen LogP contribution is 2.44. The zero-order valence-corrected chi connectivity index (χ0v) is 8.41. The van der Waals surface area contributed by atoms with Crippen LogP contribution in [0.4, 0.5) is 0 Å². The van der Waals surface area contributed by atoms with Gasteiger partial charge in [-0.2, -0.15) is 4.91 Å². The Balaban J connectivity index is 2.09. The third-order valence-corrected chi connectivity index (χ3v) is 4.14. The maximum Gasteiger partial charge on any atom is 0.0950 e. The van der Waals surface area contributed by atoms with Gasteiger partial charge in [-0.1, -0.05) is 31.4 Å². The molecule has 0 amide bonds. The lowest BCUT2D eigenvalue weighted by molar-refractivity contribution is 0.0963. The number of hydrogen-bond donors (Lipinski definition) is 0. The van der Waals surface area contributed by atoms with Crippen LogP contribution in [0, 0.1) is 22.7 Å². The Labute approximate surface area is 80.1 Å². The molecule has 4 unspecified atom stereocenters. The first kappa shape index (κ1) is 9.17. The monoisotopic (exact) mass is 181 g/mol. The number of nitroso groups, excluding NO2 is 1. The van der Waals surface area contributed by atoms with E-state index in [-0.39, 0.29) is 6.04 Å². The zero-order valence-electron chi connectivity index (χ0n) is 8.41. The molecule has 0 radical (unpaired) electrons. The largest absolute Gasteiger partial charge is 0.151 e. The minimum Gasteiger partial charge on any atom is -0.151 e. The van der Waals surface area contributed by atoms with E-state index >= 15 is 0 Å². The van der Waals surface area contributed by atoms with Crippen LogP contribution in [0.15, 0.2) is 5.18 Å². The molecule has 2 aliphatic carbocycles. The van der Waals surface area contributed by atoms with E-state index in [1.54, 1.807) is 0 Å². The predicted molar refractivity (Wildman–Crippen MR) is 53.4 cm³/mol. The number of fused-ring (bicyclic) bond motifs is 1. The molecule has 2 rings (SSSR count). The molecule has 74 valence electrons. The molecule has 0 spiro atoms. The summed E-state index contributed by atoms with van der Waals surface area (Å²) in [5.74, 6) is 2.28. The van der Waals surface area contributed by atoms with Crippen LogP contribution >= 0.6 is 0 Å². The summed E-state index contributed by atoms with van der Waals surface area (Å²) in [5, 5.41) is 3.32. The summed E-state index contributed by atoms with van der Waals surface area (Å²) >= 11 is 0. The van der Waals surface area contributed by atoms with Gasteiger partial charge in [-0.25, -0.2) is 0 Å². The molecule has 0 heterocycles. The molecule has 0 aliphatic heterocycles. The third-order valence-electron chi connectivity index (χ3n) is 4.14. The Morgan fingerprint density at radius 1 is 1.00 bits per heavy atom. The van der Waals surface area contributed by atoms with E-state index < -0.39 is 0 Å². The fourth-order valence-electron chi connectivity index (χ4n) is 3.41. The van der Waals surface area contributed by atoms with Gasteiger partial charge in [0.25, 0.3) is 0 Å². The normalized spacial score (nSPS) is 45.3. The zero-order chi connectivity index (χ0) is 9.26. The van der Waals surface area contributed by atoms with Gasteiger partial charge in [-0.15, -0.1) is 0 Å². The van der Waals surface area contributed by atoms with Crippen LogP contribution in [0.3, 0.4) is 0 Å². The molecule has 0 saturated heterocycles. The van der Waals surface area contributed by atoms with Crippen LogP contribution in [0.1, 0.15) is 45.4 Å². The van der Waals surface area contributed by atoms with E-state index in [2.05, 4.69) is 12.1 Å². The van der Waals surface area contributed by atoms with Crippen molar-refractivity contribution >= 4 is 0 Å². The van der Waals surface area contributed by atoms with E-state index in [0.29, 0.717) is 5.92 Å². The summed E-state index contributed by atoms with van der Waals surface area (Å²) in [4.78, 5) is 10.7. The van der Waals surface area contributed by atoms with Gasteiger partial charge in [0.2, 0.25) is 0 Å². The van der Waals surface area contributed by atoms with Crippen molar-refractivity contribution in [3.8, 4) is 0 Å². The van der Waals surface area contributed by atoms with Gasteiger partial charge in [0.1, 0.15) is 0 Å². The summed E-state index contributed by atoms with van der Waals surface area (Å²) in [6, 6.07) is 0.154. The summed E-state index contributed by atoms with van der Waals surface area (Å²) in [5.41, 5.74) is 0. The Morgan fingerprint density at radius 2 is 1.69 bits per heavy atom. The standard InChI is InChI=1S/C11H19NO/c1-8-4-2-6-10-9(8)5-3-7-11(10)12-13/h8-11H,2-7H2,1H3. The van der Waals surface area contributed by atoms with Crippen LogP contribution in [-0.4, -0.2) is 6.04 Å². The Bertz CT molecular complexity index is 193. The second-order valence-electron chi connectivity index (χ2n) is 4.84. The van der Waals surface area contributed by atoms with Gasteiger partial charge >= 0.3 is 0 Å². The lowest BCUT2D eigenvalue weighted by Crippen LogP contribution is -2.37. The molecule has 2 nitrogen and oxygen atoms in total. The first-order valence-electron chi connectivity index (χ1n) is 5.65. The Morgan fingerprint density at radius 3 is 2.46 bits per heavy atom. The fourth-order valence-corrected chi connectivity index (χ4v) is 3.41. The van der Waals surface area contributed by atoms with Crippen molar-refractivity contribution in [1.29, 1.82) is 0 Å². The smallest absolute Gasteiger partial charge is 0.0950 e. The molecule has 0 bridgehead atoms. The topological polar surface area (TPSA) is 29.4 Å². The second kappa shape index (κ2) is 3.77. The van der Waals surface area contributed by atoms with Gasteiger partial charge < -0.3 is 0 Å². The summed E-state index contributed by atoms with van der Waals surface area (Å²) in [6.45, 7) is 2.35. The number of rotatable bonds is 1. The summed E-state index contributed by atoms with van der Waals surface area (Å²) in [6.07, 6.45) is 7.56. The molecule has 13 heavy (non-hydrogen) atoms. The molecule has 2 fully saturated rings. The second-order valence-corrected chi connectivity index (χ2v) is 4.84. The van der Waals surface area contributed by atoms with Crippen molar-refractivity contribution < 1.29 is 0 Å². The molecule has 2 saturated carbocycles. The van der Waals surface area contributed by atoms with Gasteiger partial charge in [-0.3, -0.25) is 0 Å². The fraction of sp³-hybridized carbons (Fsp3) is 1.00. The molecular weight excluding hydrogens is 162 g/mol. The SMILES string of the molecule is CC1CCCC2C(N=O)CCCC12. The van der Waals surface area contributed by atoms with E-state index in [1.165, 1.54) is 32.1 Å². The lowest BCUT2D eigenvalue weighted by atomic mass is 9.64. The summed E-state index contributed by atoms with van der Waals surface area (Å²) in [7, 11) is 0. The number of hydrogen-bond acceptors (Lipinski definition) is 2. The molecule has 0 aromatic carbocycles.